The van der Waals surface area contributed by atoms with Gasteiger partial charge in [0.05, 0.1) is 5.25 Å². The molecule has 0 aliphatic carbocycles. The summed E-state index contributed by atoms with van der Waals surface area (Å²) in [7, 11) is 0.405. The van der Waals surface area contributed by atoms with E-state index in [1.54, 1.807) is 6.92 Å². The molecule has 1 unspecified atom stereocenters. The van der Waals surface area contributed by atoms with Crippen molar-refractivity contribution in [3.8, 4) is 0 Å². The molecule has 1 atom stereocenters. The van der Waals surface area contributed by atoms with Crippen LogP contribution in [0, 0.1) is 7.05 Å². The molecule has 9 heavy (non-hydrogen) atoms. The molecule has 0 aromatic carbocycles. The maximum absolute atomic E-state index is 11.0. The number of hydrogen-bond acceptors (Lipinski definition) is 2. The van der Waals surface area contributed by atoms with Crippen LogP contribution in [0.15, 0.2) is 0 Å². The van der Waals surface area contributed by atoms with Gasteiger partial charge in [0, 0.05) is 0 Å². The van der Waals surface area contributed by atoms with Crippen molar-refractivity contribution in [1.82, 2.24) is 4.31 Å². The number of sulfonamides is 1. The second-order valence-electron chi connectivity index (χ2n) is 2.32. The lowest BCUT2D eigenvalue weighted by molar-refractivity contribution is 0.530. The minimum Gasteiger partial charge on any atom is -0.354 e. The van der Waals surface area contributed by atoms with Crippen LogP contribution in [-0.2, 0) is 10.0 Å². The summed E-state index contributed by atoms with van der Waals surface area (Å²) in [5.74, 6) is 0. The van der Waals surface area contributed by atoms with Crippen LogP contribution in [-0.4, -0.2) is 24.5 Å². The third-order valence-corrected chi connectivity index (χ3v) is 3.81. The molecule has 0 N–H and O–H groups in total. The van der Waals surface area contributed by atoms with Crippen LogP contribution in [0.3, 0.4) is 0 Å². The Labute approximate surface area is 55.7 Å². The number of nitrogens with zero attached hydrogens (tertiary/aromatic N) is 1. The predicted molar refractivity (Wildman–Crippen MR) is 35.1 cm³/mol. The third kappa shape index (κ3) is 0.966. The van der Waals surface area contributed by atoms with Crippen LogP contribution in [0.4, 0.5) is 0 Å². The molecule has 4 heteroatoms. The van der Waals surface area contributed by atoms with Gasteiger partial charge in [-0.15, -0.1) is 0 Å². The van der Waals surface area contributed by atoms with Crippen molar-refractivity contribution in [2.45, 2.75) is 18.6 Å². The van der Waals surface area contributed by atoms with E-state index in [-0.39, 0.29) is 5.25 Å². The van der Waals surface area contributed by atoms with Crippen molar-refractivity contribution < 1.29 is 8.42 Å². The molecular formula is C5H10NO2S-. The van der Waals surface area contributed by atoms with E-state index >= 15 is 0 Å². The van der Waals surface area contributed by atoms with Gasteiger partial charge in [-0.3, -0.25) is 7.05 Å². The lowest BCUT2D eigenvalue weighted by Gasteiger charge is -2.15. The summed E-state index contributed by atoms with van der Waals surface area (Å²) in [6, 6.07) is 0. The van der Waals surface area contributed by atoms with Gasteiger partial charge in [-0.1, -0.05) is 0 Å². The van der Waals surface area contributed by atoms with Crippen molar-refractivity contribution in [2.24, 2.45) is 0 Å². The Kier molecular flexibility index (Phi) is 1.52. The van der Waals surface area contributed by atoms with E-state index in [0.29, 0.717) is 13.0 Å². The minimum absolute atomic E-state index is 0.227. The van der Waals surface area contributed by atoms with E-state index in [2.05, 4.69) is 7.05 Å². The van der Waals surface area contributed by atoms with E-state index in [1.807, 2.05) is 0 Å². The van der Waals surface area contributed by atoms with Crippen LogP contribution in [0.25, 0.3) is 0 Å². The van der Waals surface area contributed by atoms with Gasteiger partial charge >= 0.3 is 0 Å². The summed E-state index contributed by atoms with van der Waals surface area (Å²) in [4.78, 5) is 0. The van der Waals surface area contributed by atoms with E-state index in [0.717, 1.165) is 4.31 Å². The van der Waals surface area contributed by atoms with Crippen molar-refractivity contribution in [2.75, 3.05) is 6.54 Å². The summed E-state index contributed by atoms with van der Waals surface area (Å²) in [6.07, 6.45) is 0.714. The SMILES string of the molecule is [CH2-]N1CCC(C)S1(=O)=O. The Bertz CT molecular complexity index is 181. The van der Waals surface area contributed by atoms with Crippen LogP contribution in [0.2, 0.25) is 0 Å². The van der Waals surface area contributed by atoms with Crippen LogP contribution in [0.5, 0.6) is 0 Å². The molecule has 1 fully saturated rings. The largest absolute Gasteiger partial charge is 0.354 e. The second kappa shape index (κ2) is 1.95. The van der Waals surface area contributed by atoms with Crippen molar-refractivity contribution in [3.63, 3.8) is 0 Å². The molecule has 0 amide bonds. The van der Waals surface area contributed by atoms with Gasteiger partial charge in [-0.2, -0.15) is 0 Å². The second-order valence-corrected chi connectivity index (χ2v) is 4.67. The van der Waals surface area contributed by atoms with E-state index in [9.17, 15) is 8.42 Å². The molecule has 1 saturated heterocycles. The van der Waals surface area contributed by atoms with Crippen molar-refractivity contribution in [3.05, 3.63) is 7.05 Å². The fourth-order valence-electron chi connectivity index (χ4n) is 0.856. The highest BCUT2D eigenvalue weighted by molar-refractivity contribution is 7.90. The quantitative estimate of drug-likeness (QED) is 0.460. The normalized spacial score (nSPS) is 35.1. The Balaban J connectivity index is 2.93. The first-order valence-electron chi connectivity index (χ1n) is 2.87. The Hall–Kier alpha value is -0.0900. The van der Waals surface area contributed by atoms with Gasteiger partial charge in [0.1, 0.15) is 0 Å². The molecule has 0 bridgehead atoms. The number of rotatable bonds is 0. The predicted octanol–water partition coefficient (Wildman–Crippen LogP) is 0.202. The molecule has 0 saturated carbocycles. The molecule has 3 nitrogen and oxygen atoms in total. The van der Waals surface area contributed by atoms with Crippen LogP contribution in [0.1, 0.15) is 13.3 Å². The molecule has 1 aliphatic heterocycles. The van der Waals surface area contributed by atoms with Crippen LogP contribution < -0.4 is 0 Å². The Morgan fingerprint density at radius 2 is 2.22 bits per heavy atom. The van der Waals surface area contributed by atoms with Gasteiger partial charge in [-0.25, -0.2) is 8.42 Å². The Morgan fingerprint density at radius 3 is 2.33 bits per heavy atom. The summed E-state index contributed by atoms with van der Waals surface area (Å²) < 4.78 is 23.1. The van der Waals surface area contributed by atoms with Gasteiger partial charge in [0.2, 0.25) is 0 Å². The van der Waals surface area contributed by atoms with E-state index < -0.39 is 10.0 Å². The van der Waals surface area contributed by atoms with E-state index in [4.69, 9.17) is 0 Å². The van der Waals surface area contributed by atoms with Gasteiger partial charge in [0.15, 0.2) is 10.0 Å². The zero-order chi connectivity index (χ0) is 7.07. The van der Waals surface area contributed by atoms with Gasteiger partial charge < -0.3 is 4.31 Å². The van der Waals surface area contributed by atoms with E-state index in [1.165, 1.54) is 0 Å². The number of hydrogen-bond donors (Lipinski definition) is 0. The molecule has 0 aromatic heterocycles. The van der Waals surface area contributed by atoms with Crippen molar-refractivity contribution in [1.29, 1.82) is 0 Å². The first-order chi connectivity index (χ1) is 4.05. The smallest absolute Gasteiger partial charge is 0.189 e. The highest BCUT2D eigenvalue weighted by atomic mass is 32.2. The molecule has 1 rings (SSSR count). The van der Waals surface area contributed by atoms with Gasteiger partial charge in [0.25, 0.3) is 0 Å². The average Bonchev–Trinajstić information content (AvgIpc) is 1.96. The topological polar surface area (TPSA) is 37.4 Å². The maximum Gasteiger partial charge on any atom is 0.189 e. The monoisotopic (exact) mass is 148 g/mol. The molecule has 54 valence electrons. The molecule has 0 radical (unpaired) electrons. The lowest BCUT2D eigenvalue weighted by Crippen LogP contribution is -2.21. The fraction of sp³-hybridized carbons (Fsp3) is 0.800. The summed E-state index contributed by atoms with van der Waals surface area (Å²) in [6.45, 7) is 2.28. The molecule has 1 heterocycles. The lowest BCUT2D eigenvalue weighted by atomic mass is 10.3. The van der Waals surface area contributed by atoms with Crippen LogP contribution >= 0.6 is 0 Å². The summed E-state index contributed by atoms with van der Waals surface area (Å²) in [5, 5.41) is -0.227. The summed E-state index contributed by atoms with van der Waals surface area (Å²) in [5.41, 5.74) is 0. The standard InChI is InChI=1S/C5H10NO2S/c1-5-3-4-6(2)9(5,7)8/h5H,2-4H2,1H3/q-1. The summed E-state index contributed by atoms with van der Waals surface area (Å²) >= 11 is 0. The average molecular weight is 148 g/mol. The van der Waals surface area contributed by atoms with Crippen molar-refractivity contribution >= 4 is 10.0 Å². The first kappa shape index (κ1) is 7.02. The first-order valence-corrected chi connectivity index (χ1v) is 4.37. The molecule has 1 aliphatic rings. The fourth-order valence-corrected chi connectivity index (χ4v) is 2.13. The zero-order valence-corrected chi connectivity index (χ0v) is 6.19. The molecule has 0 spiro atoms. The molecular weight excluding hydrogens is 138 g/mol. The molecule has 0 aromatic rings. The van der Waals surface area contributed by atoms with Gasteiger partial charge in [-0.05, 0) is 19.9 Å². The highest BCUT2D eigenvalue weighted by Gasteiger charge is 2.27. The minimum atomic E-state index is -2.98. The third-order valence-electron chi connectivity index (χ3n) is 1.65. The zero-order valence-electron chi connectivity index (χ0n) is 5.37. The maximum atomic E-state index is 11.0. The Morgan fingerprint density at radius 1 is 1.67 bits per heavy atom. The highest BCUT2D eigenvalue weighted by Crippen LogP contribution is 2.19.